The first-order valence-corrected chi connectivity index (χ1v) is 8.81. The predicted octanol–water partition coefficient (Wildman–Crippen LogP) is 2.32. The second-order valence-corrected chi connectivity index (χ2v) is 7.46. The molecule has 5 nitrogen and oxygen atoms in total. The SMILES string of the molecule is C[C@H](NC(=O)CN(C)S(=O)(=O)c1ccc(F)cc1)c1ccccc1. The molecule has 2 rings (SSSR count). The molecule has 1 N–H and O–H groups in total. The topological polar surface area (TPSA) is 66.5 Å². The van der Waals surface area contributed by atoms with Crippen LogP contribution in [-0.2, 0) is 14.8 Å². The molecular weight excluding hydrogens is 331 g/mol. The van der Waals surface area contributed by atoms with Gasteiger partial charge in [-0.25, -0.2) is 12.8 Å². The van der Waals surface area contributed by atoms with E-state index >= 15 is 0 Å². The summed E-state index contributed by atoms with van der Waals surface area (Å²) < 4.78 is 38.6. The van der Waals surface area contributed by atoms with Crippen molar-refractivity contribution in [3.63, 3.8) is 0 Å². The molecule has 0 saturated carbocycles. The first-order valence-electron chi connectivity index (χ1n) is 7.37. The lowest BCUT2D eigenvalue weighted by Gasteiger charge is -2.19. The number of benzene rings is 2. The normalized spacial score (nSPS) is 12.8. The summed E-state index contributed by atoms with van der Waals surface area (Å²) in [5.74, 6) is -0.939. The summed E-state index contributed by atoms with van der Waals surface area (Å²) in [5.41, 5.74) is 0.926. The van der Waals surface area contributed by atoms with E-state index < -0.39 is 21.7 Å². The zero-order valence-electron chi connectivity index (χ0n) is 13.4. The maximum absolute atomic E-state index is 12.9. The molecule has 0 aromatic heterocycles. The third-order valence-electron chi connectivity index (χ3n) is 3.57. The lowest BCUT2D eigenvalue weighted by Crippen LogP contribution is -2.39. The third kappa shape index (κ3) is 4.39. The van der Waals surface area contributed by atoms with E-state index in [2.05, 4.69) is 5.32 Å². The van der Waals surface area contributed by atoms with Gasteiger partial charge in [0.25, 0.3) is 0 Å². The highest BCUT2D eigenvalue weighted by Gasteiger charge is 2.23. The first-order chi connectivity index (χ1) is 11.3. The Labute approximate surface area is 141 Å². The number of likely N-dealkylation sites (N-methyl/N-ethyl adjacent to an activating group) is 1. The smallest absolute Gasteiger partial charge is 0.243 e. The van der Waals surface area contributed by atoms with Gasteiger partial charge in [-0.15, -0.1) is 0 Å². The fourth-order valence-electron chi connectivity index (χ4n) is 2.19. The van der Waals surface area contributed by atoms with Gasteiger partial charge < -0.3 is 5.32 Å². The number of carbonyl (C=O) groups excluding carboxylic acids is 1. The molecule has 0 aliphatic heterocycles. The van der Waals surface area contributed by atoms with Gasteiger partial charge in [0.2, 0.25) is 15.9 Å². The van der Waals surface area contributed by atoms with Crippen molar-refractivity contribution in [3.05, 3.63) is 66.0 Å². The summed E-state index contributed by atoms with van der Waals surface area (Å²) in [6.45, 7) is 1.50. The van der Waals surface area contributed by atoms with Gasteiger partial charge >= 0.3 is 0 Å². The largest absolute Gasteiger partial charge is 0.348 e. The molecule has 0 aliphatic carbocycles. The quantitative estimate of drug-likeness (QED) is 0.869. The van der Waals surface area contributed by atoms with E-state index in [9.17, 15) is 17.6 Å². The zero-order chi connectivity index (χ0) is 17.7. The number of amides is 1. The molecule has 1 atom stereocenters. The van der Waals surface area contributed by atoms with Crippen molar-refractivity contribution >= 4 is 15.9 Å². The van der Waals surface area contributed by atoms with Gasteiger partial charge in [0, 0.05) is 7.05 Å². The van der Waals surface area contributed by atoms with Gasteiger partial charge in [-0.3, -0.25) is 4.79 Å². The standard InChI is InChI=1S/C17H19FN2O3S/c1-13(14-6-4-3-5-7-14)19-17(21)12-20(2)24(22,23)16-10-8-15(18)9-11-16/h3-11,13H,12H2,1-2H3,(H,19,21)/t13-/m0/s1. The molecule has 0 unspecified atom stereocenters. The van der Waals surface area contributed by atoms with E-state index in [-0.39, 0.29) is 17.5 Å². The van der Waals surface area contributed by atoms with Gasteiger partial charge in [0.05, 0.1) is 17.5 Å². The van der Waals surface area contributed by atoms with E-state index in [1.165, 1.54) is 19.2 Å². The number of nitrogens with one attached hydrogen (secondary N) is 1. The fourth-order valence-corrected chi connectivity index (χ4v) is 3.31. The Morgan fingerprint density at radius 3 is 2.29 bits per heavy atom. The van der Waals surface area contributed by atoms with Crippen LogP contribution in [0.1, 0.15) is 18.5 Å². The molecule has 2 aromatic carbocycles. The Hall–Kier alpha value is -2.25. The van der Waals surface area contributed by atoms with E-state index in [4.69, 9.17) is 0 Å². The molecule has 0 fully saturated rings. The minimum absolute atomic E-state index is 0.0599. The zero-order valence-corrected chi connectivity index (χ0v) is 14.3. The van der Waals surface area contributed by atoms with Crippen LogP contribution in [0.15, 0.2) is 59.5 Å². The Morgan fingerprint density at radius 2 is 1.71 bits per heavy atom. The van der Waals surface area contributed by atoms with Gasteiger partial charge in [0.1, 0.15) is 5.82 Å². The van der Waals surface area contributed by atoms with Crippen molar-refractivity contribution in [2.45, 2.75) is 17.9 Å². The highest BCUT2D eigenvalue weighted by molar-refractivity contribution is 7.89. The maximum atomic E-state index is 12.9. The van der Waals surface area contributed by atoms with E-state index in [1.54, 1.807) is 0 Å². The van der Waals surface area contributed by atoms with E-state index in [0.717, 1.165) is 22.0 Å². The molecule has 0 saturated heterocycles. The van der Waals surface area contributed by atoms with Crippen LogP contribution in [0.3, 0.4) is 0 Å². The Balaban J connectivity index is 2.01. The van der Waals surface area contributed by atoms with Crippen molar-refractivity contribution in [2.24, 2.45) is 0 Å². The molecule has 0 bridgehead atoms. The minimum atomic E-state index is -3.85. The maximum Gasteiger partial charge on any atom is 0.243 e. The number of halogens is 1. The number of hydrogen-bond acceptors (Lipinski definition) is 3. The van der Waals surface area contributed by atoms with Gasteiger partial charge in [-0.05, 0) is 36.8 Å². The van der Waals surface area contributed by atoms with Crippen LogP contribution in [0.5, 0.6) is 0 Å². The Morgan fingerprint density at radius 1 is 1.12 bits per heavy atom. The summed E-state index contributed by atoms with van der Waals surface area (Å²) in [4.78, 5) is 12.0. The van der Waals surface area contributed by atoms with Crippen LogP contribution in [0.2, 0.25) is 0 Å². The molecule has 0 spiro atoms. The summed E-state index contributed by atoms with van der Waals surface area (Å²) in [5, 5.41) is 2.75. The highest BCUT2D eigenvalue weighted by atomic mass is 32.2. The average Bonchev–Trinajstić information content (AvgIpc) is 2.55. The van der Waals surface area contributed by atoms with Crippen molar-refractivity contribution in [1.82, 2.24) is 9.62 Å². The first kappa shape index (κ1) is 18.1. The highest BCUT2D eigenvalue weighted by Crippen LogP contribution is 2.15. The van der Waals surface area contributed by atoms with Crippen molar-refractivity contribution in [1.29, 1.82) is 0 Å². The summed E-state index contributed by atoms with van der Waals surface area (Å²) in [6.07, 6.45) is 0. The van der Waals surface area contributed by atoms with E-state index in [0.29, 0.717) is 0 Å². The molecule has 1 amide bonds. The monoisotopic (exact) mass is 350 g/mol. The summed E-state index contributed by atoms with van der Waals surface area (Å²) in [7, 11) is -2.53. The molecule has 0 aliphatic rings. The van der Waals surface area contributed by atoms with Crippen LogP contribution in [-0.4, -0.2) is 32.2 Å². The van der Waals surface area contributed by atoms with Gasteiger partial charge in [-0.1, -0.05) is 30.3 Å². The lowest BCUT2D eigenvalue weighted by molar-refractivity contribution is -0.121. The van der Waals surface area contributed by atoms with Crippen molar-refractivity contribution in [3.8, 4) is 0 Å². The molecular formula is C17H19FN2O3S. The van der Waals surface area contributed by atoms with Gasteiger partial charge in [0.15, 0.2) is 0 Å². The second-order valence-electron chi connectivity index (χ2n) is 5.41. The molecule has 7 heteroatoms. The van der Waals surface area contributed by atoms with Gasteiger partial charge in [-0.2, -0.15) is 4.31 Å². The Kier molecular flexibility index (Phi) is 5.69. The summed E-state index contributed by atoms with van der Waals surface area (Å²) in [6, 6.07) is 13.6. The predicted molar refractivity (Wildman–Crippen MR) is 89.2 cm³/mol. The van der Waals surface area contributed by atoms with Crippen LogP contribution in [0, 0.1) is 5.82 Å². The van der Waals surface area contributed by atoms with Crippen molar-refractivity contribution < 1.29 is 17.6 Å². The average molecular weight is 350 g/mol. The van der Waals surface area contributed by atoms with Crippen LogP contribution >= 0.6 is 0 Å². The molecule has 128 valence electrons. The molecule has 24 heavy (non-hydrogen) atoms. The van der Waals surface area contributed by atoms with Crippen LogP contribution in [0.4, 0.5) is 4.39 Å². The van der Waals surface area contributed by atoms with Crippen molar-refractivity contribution in [2.75, 3.05) is 13.6 Å². The minimum Gasteiger partial charge on any atom is -0.348 e. The van der Waals surface area contributed by atoms with Crippen LogP contribution in [0.25, 0.3) is 0 Å². The lowest BCUT2D eigenvalue weighted by atomic mass is 10.1. The third-order valence-corrected chi connectivity index (χ3v) is 5.38. The second kappa shape index (κ2) is 7.55. The number of rotatable bonds is 6. The number of nitrogens with zero attached hydrogens (tertiary/aromatic N) is 1. The number of sulfonamides is 1. The fraction of sp³-hybridized carbons (Fsp3) is 0.235. The van der Waals surface area contributed by atoms with E-state index in [1.807, 2.05) is 37.3 Å². The number of carbonyl (C=O) groups is 1. The summed E-state index contributed by atoms with van der Waals surface area (Å²) >= 11 is 0. The van der Waals surface area contributed by atoms with Crippen LogP contribution < -0.4 is 5.32 Å². The Bertz CT molecular complexity index is 792. The molecule has 0 radical (unpaired) electrons. The molecule has 2 aromatic rings. The molecule has 0 heterocycles. The number of hydrogen-bond donors (Lipinski definition) is 1.